The smallest absolute Gasteiger partial charge is 0.222 e. The molecular formula is C11H10N2O. The topological polar surface area (TPSA) is 42.0 Å². The van der Waals surface area contributed by atoms with E-state index in [4.69, 9.17) is 0 Å². The Bertz CT molecular complexity index is 474. The van der Waals surface area contributed by atoms with E-state index in [1.165, 1.54) is 6.92 Å². The molecule has 0 saturated carbocycles. The van der Waals surface area contributed by atoms with Crippen molar-refractivity contribution in [3.8, 4) is 0 Å². The molecule has 0 radical (unpaired) electrons. The van der Waals surface area contributed by atoms with Gasteiger partial charge in [-0.1, -0.05) is 24.3 Å². The van der Waals surface area contributed by atoms with Crippen LogP contribution in [-0.2, 0) is 4.79 Å². The van der Waals surface area contributed by atoms with Gasteiger partial charge in [-0.25, -0.2) is 4.98 Å². The van der Waals surface area contributed by atoms with Gasteiger partial charge in [-0.15, -0.1) is 0 Å². The molecule has 3 nitrogen and oxygen atoms in total. The molecule has 70 valence electrons. The second-order valence-electron chi connectivity index (χ2n) is 3.06. The number of hydrogen-bond acceptors (Lipinski definition) is 2. The Hall–Kier alpha value is -1.90. The molecule has 0 spiro atoms. The standard InChI is InChI=1S/C11H10N2O/c1-8(14)13-11-10-5-3-2-4-9(10)6-7-12-11/h2-7H,1H3,(H,12,13,14). The predicted octanol–water partition coefficient (Wildman–Crippen LogP) is 2.19. The van der Waals surface area contributed by atoms with Crippen LogP contribution in [-0.4, -0.2) is 10.9 Å². The van der Waals surface area contributed by atoms with Crippen LogP contribution in [0.4, 0.5) is 5.82 Å². The minimum atomic E-state index is -0.103. The quantitative estimate of drug-likeness (QED) is 0.741. The number of carbonyl (C=O) groups excluding carboxylic acids is 1. The highest BCUT2D eigenvalue weighted by Gasteiger charge is 2.01. The number of fused-ring (bicyclic) bond motifs is 1. The van der Waals surface area contributed by atoms with Gasteiger partial charge < -0.3 is 5.32 Å². The largest absolute Gasteiger partial charge is 0.310 e. The highest BCUT2D eigenvalue weighted by atomic mass is 16.1. The lowest BCUT2D eigenvalue weighted by Gasteiger charge is -2.04. The predicted molar refractivity (Wildman–Crippen MR) is 56.0 cm³/mol. The van der Waals surface area contributed by atoms with Gasteiger partial charge in [0.25, 0.3) is 0 Å². The molecule has 1 N–H and O–H groups in total. The number of nitrogens with one attached hydrogen (secondary N) is 1. The molecule has 1 heterocycles. The van der Waals surface area contributed by atoms with Gasteiger partial charge in [0.1, 0.15) is 5.82 Å². The van der Waals surface area contributed by atoms with Crippen molar-refractivity contribution in [3.05, 3.63) is 36.5 Å². The number of amides is 1. The molecule has 2 rings (SSSR count). The maximum Gasteiger partial charge on any atom is 0.222 e. The Labute approximate surface area is 81.8 Å². The second-order valence-corrected chi connectivity index (χ2v) is 3.06. The summed E-state index contributed by atoms with van der Waals surface area (Å²) in [6.07, 6.45) is 1.69. The van der Waals surface area contributed by atoms with Crippen LogP contribution in [0.15, 0.2) is 36.5 Å². The van der Waals surface area contributed by atoms with E-state index in [2.05, 4.69) is 10.3 Å². The van der Waals surface area contributed by atoms with E-state index in [9.17, 15) is 4.79 Å². The summed E-state index contributed by atoms with van der Waals surface area (Å²) in [5.41, 5.74) is 0. The Morgan fingerprint density at radius 2 is 2.07 bits per heavy atom. The maximum absolute atomic E-state index is 10.9. The molecule has 0 aliphatic rings. The normalized spacial score (nSPS) is 10.1. The van der Waals surface area contributed by atoms with Crippen LogP contribution in [0.1, 0.15) is 6.92 Å². The molecule has 1 aromatic heterocycles. The van der Waals surface area contributed by atoms with E-state index in [-0.39, 0.29) is 5.91 Å². The minimum absolute atomic E-state index is 0.103. The summed E-state index contributed by atoms with van der Waals surface area (Å²) < 4.78 is 0. The number of anilines is 1. The number of benzene rings is 1. The molecule has 3 heteroatoms. The first kappa shape index (κ1) is 8.69. The summed E-state index contributed by atoms with van der Waals surface area (Å²) in [5, 5.41) is 4.74. The average molecular weight is 186 g/mol. The number of aromatic nitrogens is 1. The van der Waals surface area contributed by atoms with Crippen LogP contribution in [0.2, 0.25) is 0 Å². The number of hydrogen-bond donors (Lipinski definition) is 1. The molecule has 1 amide bonds. The molecule has 0 fully saturated rings. The van der Waals surface area contributed by atoms with Crippen molar-refractivity contribution in [1.29, 1.82) is 0 Å². The van der Waals surface area contributed by atoms with E-state index >= 15 is 0 Å². The SMILES string of the molecule is CC(=O)Nc1nccc2ccccc12. The zero-order valence-corrected chi connectivity index (χ0v) is 7.82. The highest BCUT2D eigenvalue weighted by molar-refractivity contribution is 5.99. The highest BCUT2D eigenvalue weighted by Crippen LogP contribution is 2.19. The monoisotopic (exact) mass is 186 g/mol. The second kappa shape index (κ2) is 3.46. The molecule has 0 bridgehead atoms. The fraction of sp³-hybridized carbons (Fsp3) is 0.0909. The van der Waals surface area contributed by atoms with Gasteiger partial charge in [0.2, 0.25) is 5.91 Å². The Morgan fingerprint density at radius 1 is 1.29 bits per heavy atom. The van der Waals surface area contributed by atoms with Crippen molar-refractivity contribution < 1.29 is 4.79 Å². The van der Waals surface area contributed by atoms with Gasteiger partial charge in [-0.2, -0.15) is 0 Å². The van der Waals surface area contributed by atoms with Gasteiger partial charge in [0.05, 0.1) is 0 Å². The van der Waals surface area contributed by atoms with E-state index in [0.717, 1.165) is 10.8 Å². The van der Waals surface area contributed by atoms with E-state index in [1.807, 2.05) is 30.3 Å². The molecular weight excluding hydrogens is 176 g/mol. The van der Waals surface area contributed by atoms with Gasteiger partial charge in [0, 0.05) is 18.5 Å². The number of carbonyl (C=O) groups is 1. The first-order chi connectivity index (χ1) is 6.77. The molecule has 2 aromatic rings. The van der Waals surface area contributed by atoms with Crippen LogP contribution in [0.25, 0.3) is 10.8 Å². The summed E-state index contributed by atoms with van der Waals surface area (Å²) in [4.78, 5) is 15.0. The Kier molecular flexibility index (Phi) is 2.14. The number of pyridine rings is 1. The summed E-state index contributed by atoms with van der Waals surface area (Å²) >= 11 is 0. The van der Waals surface area contributed by atoms with Crippen molar-refractivity contribution >= 4 is 22.5 Å². The first-order valence-electron chi connectivity index (χ1n) is 4.39. The molecule has 1 aromatic carbocycles. The average Bonchev–Trinajstić information content (AvgIpc) is 2.18. The van der Waals surface area contributed by atoms with Crippen LogP contribution in [0.3, 0.4) is 0 Å². The zero-order valence-electron chi connectivity index (χ0n) is 7.82. The van der Waals surface area contributed by atoms with Crippen molar-refractivity contribution in [2.45, 2.75) is 6.92 Å². The maximum atomic E-state index is 10.9. The molecule has 0 aliphatic heterocycles. The van der Waals surface area contributed by atoms with E-state index in [0.29, 0.717) is 5.82 Å². The van der Waals surface area contributed by atoms with Crippen molar-refractivity contribution in [2.24, 2.45) is 0 Å². The van der Waals surface area contributed by atoms with Crippen molar-refractivity contribution in [3.63, 3.8) is 0 Å². The molecule has 0 unspecified atom stereocenters. The van der Waals surface area contributed by atoms with E-state index in [1.54, 1.807) is 6.20 Å². The van der Waals surface area contributed by atoms with Crippen LogP contribution in [0, 0.1) is 0 Å². The third kappa shape index (κ3) is 1.57. The molecule has 14 heavy (non-hydrogen) atoms. The van der Waals surface area contributed by atoms with Gasteiger partial charge >= 0.3 is 0 Å². The molecule has 0 atom stereocenters. The van der Waals surface area contributed by atoms with Gasteiger partial charge in [-0.3, -0.25) is 4.79 Å². The van der Waals surface area contributed by atoms with Gasteiger partial charge in [-0.05, 0) is 11.5 Å². The first-order valence-corrected chi connectivity index (χ1v) is 4.39. The van der Waals surface area contributed by atoms with Crippen molar-refractivity contribution in [1.82, 2.24) is 4.98 Å². The molecule has 0 saturated heterocycles. The summed E-state index contributed by atoms with van der Waals surface area (Å²) in [5.74, 6) is 0.518. The number of rotatable bonds is 1. The Morgan fingerprint density at radius 3 is 2.86 bits per heavy atom. The third-order valence-corrected chi connectivity index (χ3v) is 1.97. The van der Waals surface area contributed by atoms with Crippen LogP contribution >= 0.6 is 0 Å². The van der Waals surface area contributed by atoms with E-state index < -0.39 is 0 Å². The fourth-order valence-electron chi connectivity index (χ4n) is 1.39. The lowest BCUT2D eigenvalue weighted by molar-refractivity contribution is -0.114. The van der Waals surface area contributed by atoms with Gasteiger partial charge in [0.15, 0.2) is 0 Å². The van der Waals surface area contributed by atoms with Crippen LogP contribution < -0.4 is 5.32 Å². The lowest BCUT2D eigenvalue weighted by Crippen LogP contribution is -2.07. The zero-order chi connectivity index (χ0) is 9.97. The summed E-state index contributed by atoms with van der Waals surface area (Å²) in [6.45, 7) is 1.48. The minimum Gasteiger partial charge on any atom is -0.310 e. The molecule has 0 aliphatic carbocycles. The fourth-order valence-corrected chi connectivity index (χ4v) is 1.39. The summed E-state index contributed by atoms with van der Waals surface area (Å²) in [6, 6.07) is 9.73. The lowest BCUT2D eigenvalue weighted by atomic mass is 10.1. The number of nitrogens with zero attached hydrogens (tertiary/aromatic N) is 1. The third-order valence-electron chi connectivity index (χ3n) is 1.97. The van der Waals surface area contributed by atoms with Crippen molar-refractivity contribution in [2.75, 3.05) is 5.32 Å². The van der Waals surface area contributed by atoms with Crippen LogP contribution in [0.5, 0.6) is 0 Å². The Balaban J connectivity index is 2.59. The summed E-state index contributed by atoms with van der Waals surface area (Å²) in [7, 11) is 0.